The van der Waals surface area contributed by atoms with Crippen LogP contribution in [0.15, 0.2) is 0 Å². The van der Waals surface area contributed by atoms with Crippen LogP contribution in [0.5, 0.6) is 0 Å². The van der Waals surface area contributed by atoms with Crippen molar-refractivity contribution in [2.24, 2.45) is 0 Å². The summed E-state index contributed by atoms with van der Waals surface area (Å²) in [7, 11) is -7.74. The highest BCUT2D eigenvalue weighted by atomic mass is 35.5. The van der Waals surface area contributed by atoms with Gasteiger partial charge in [-0.3, -0.25) is 4.55 Å². The maximum absolute atomic E-state index is 13.0. The van der Waals surface area contributed by atoms with E-state index in [0.29, 0.717) is 0 Å². The van der Waals surface area contributed by atoms with Gasteiger partial charge in [-0.05, 0) is 11.6 Å². The first-order valence-electron chi connectivity index (χ1n) is 5.84. The highest BCUT2D eigenvalue weighted by molar-refractivity contribution is 7.87. The second-order valence-corrected chi connectivity index (χ2v) is 6.86. The quantitative estimate of drug-likeness (QED) is 0.257. The molecule has 0 amide bonds. The van der Waals surface area contributed by atoms with Crippen LogP contribution in [0.3, 0.4) is 0 Å². The monoisotopic (exact) mass is 532 g/mol. The van der Waals surface area contributed by atoms with Crippen molar-refractivity contribution in [3.63, 3.8) is 0 Å². The Morgan fingerprint density at radius 1 is 0.567 bits per heavy atom. The summed E-state index contributed by atoms with van der Waals surface area (Å²) in [6.07, 6.45) is -16.1. The predicted octanol–water partition coefficient (Wildman–Crippen LogP) is 5.04. The van der Waals surface area contributed by atoms with Gasteiger partial charge in [0.05, 0.1) is 0 Å². The van der Waals surface area contributed by atoms with E-state index in [1.54, 1.807) is 0 Å². The summed E-state index contributed by atoms with van der Waals surface area (Å²) in [5, 5.41) is -14.4. The molecule has 1 N–H and O–H groups in total. The Hall–Kier alpha value is -0.960. The third-order valence-electron chi connectivity index (χ3n) is 2.82. The largest absolute Gasteiger partial charge is 0.438 e. The molecule has 0 spiro atoms. The van der Waals surface area contributed by atoms with E-state index in [1.165, 1.54) is 0 Å². The van der Waals surface area contributed by atoms with Crippen LogP contribution in [0, 0.1) is 0 Å². The number of ether oxygens (including phenoxy) is 1. The zero-order chi connectivity index (χ0) is 25.2. The van der Waals surface area contributed by atoms with Crippen LogP contribution in [0.4, 0.5) is 70.2 Å². The molecule has 0 unspecified atom stereocenters. The van der Waals surface area contributed by atoms with E-state index < -0.39 is 56.7 Å². The SMILES string of the molecule is O=S(=O)(O)C(F)(F)C(F)(F)C(F)(F)C(F)(F)OC(F)(F)C(F)(F)C(F)(F)C(F)(F)Cl. The molecule has 182 valence electrons. The van der Waals surface area contributed by atoms with E-state index in [0.717, 1.165) is 4.74 Å². The topological polar surface area (TPSA) is 63.6 Å². The highest BCUT2D eigenvalue weighted by Crippen LogP contribution is 2.59. The van der Waals surface area contributed by atoms with Gasteiger partial charge in [0.25, 0.3) is 0 Å². The number of alkyl halides is 17. The van der Waals surface area contributed by atoms with Gasteiger partial charge in [-0.25, -0.2) is 4.74 Å². The van der Waals surface area contributed by atoms with Gasteiger partial charge >= 0.3 is 56.7 Å². The Morgan fingerprint density at radius 3 is 1.07 bits per heavy atom. The van der Waals surface area contributed by atoms with Crippen molar-refractivity contribution in [2.75, 3.05) is 0 Å². The molecule has 4 nitrogen and oxygen atoms in total. The fourth-order valence-corrected chi connectivity index (χ4v) is 1.75. The standard InChI is InChI=1S/C8HClF16O4S/c9-5(18,19)1(10,11)2(12,13)6(20,21)29-7(22,23)3(14,15)4(16,17)8(24,25)30(26,27)28/h(H,26,27,28). The van der Waals surface area contributed by atoms with Gasteiger partial charge < -0.3 is 0 Å². The normalized spacial score (nSPS) is 16.7. The van der Waals surface area contributed by atoms with Crippen LogP contribution in [-0.4, -0.2) is 59.5 Å². The number of halogens is 17. The fraction of sp³-hybridized carbons (Fsp3) is 1.00. The van der Waals surface area contributed by atoms with Gasteiger partial charge in [-0.2, -0.15) is 78.7 Å². The van der Waals surface area contributed by atoms with Gasteiger partial charge in [0, 0.05) is 0 Å². The molecule has 0 fully saturated rings. The Kier molecular flexibility index (Phi) is 6.80. The van der Waals surface area contributed by atoms with Crippen LogP contribution in [0.25, 0.3) is 0 Å². The lowest BCUT2D eigenvalue weighted by Crippen LogP contribution is -2.68. The minimum absolute atomic E-state index is 1.10. The zero-order valence-electron chi connectivity index (χ0n) is 12.5. The maximum Gasteiger partial charge on any atom is 0.438 e. The summed E-state index contributed by atoms with van der Waals surface area (Å²) in [5.74, 6) is -32.1. The van der Waals surface area contributed by atoms with Gasteiger partial charge in [-0.1, -0.05) is 0 Å². The zero-order valence-corrected chi connectivity index (χ0v) is 14.1. The van der Waals surface area contributed by atoms with Crippen LogP contribution in [0.2, 0.25) is 0 Å². The van der Waals surface area contributed by atoms with Crippen molar-refractivity contribution in [3.05, 3.63) is 0 Å². The molecular formula is C8HClF16O4S. The van der Waals surface area contributed by atoms with Gasteiger partial charge in [0.15, 0.2) is 0 Å². The van der Waals surface area contributed by atoms with E-state index in [1.807, 2.05) is 0 Å². The molecule has 0 aromatic rings. The Bertz CT molecular complexity index is 756. The molecule has 0 heterocycles. The molecule has 0 aromatic heterocycles. The van der Waals surface area contributed by atoms with Gasteiger partial charge in [0.2, 0.25) is 0 Å². The first-order chi connectivity index (χ1) is 12.5. The Balaban J connectivity index is 6.47. The summed E-state index contributed by atoms with van der Waals surface area (Å²) in [6.45, 7) is 0. The third-order valence-corrected chi connectivity index (χ3v) is 3.96. The molecule has 0 rings (SSSR count). The summed E-state index contributed by atoms with van der Waals surface area (Å²) in [5.41, 5.74) is 0. The Labute approximate surface area is 157 Å². The van der Waals surface area contributed by atoms with Crippen LogP contribution >= 0.6 is 11.6 Å². The number of hydrogen-bond donors (Lipinski definition) is 1. The maximum atomic E-state index is 13.0. The van der Waals surface area contributed by atoms with Gasteiger partial charge in [-0.15, -0.1) is 0 Å². The summed E-state index contributed by atoms with van der Waals surface area (Å²) < 4.78 is 233. The molecule has 0 aromatic carbocycles. The summed E-state index contributed by atoms with van der Waals surface area (Å²) >= 11 is 3.36. The Morgan fingerprint density at radius 2 is 0.833 bits per heavy atom. The number of hydrogen-bond acceptors (Lipinski definition) is 3. The molecule has 0 atom stereocenters. The molecule has 0 saturated carbocycles. The average molecular weight is 533 g/mol. The molecule has 0 bridgehead atoms. The molecule has 0 saturated heterocycles. The van der Waals surface area contributed by atoms with E-state index in [2.05, 4.69) is 11.6 Å². The molecule has 0 aliphatic carbocycles. The minimum Gasteiger partial charge on any atom is -0.281 e. The van der Waals surface area contributed by atoms with Crippen molar-refractivity contribution in [3.8, 4) is 0 Å². The molecule has 0 aliphatic heterocycles. The summed E-state index contributed by atoms with van der Waals surface area (Å²) in [4.78, 5) is 0. The van der Waals surface area contributed by atoms with Crippen molar-refractivity contribution >= 4 is 21.7 Å². The van der Waals surface area contributed by atoms with Crippen LogP contribution < -0.4 is 0 Å². The second kappa shape index (κ2) is 7.02. The highest BCUT2D eigenvalue weighted by Gasteiger charge is 2.89. The molecular weight excluding hydrogens is 532 g/mol. The van der Waals surface area contributed by atoms with E-state index in [-0.39, 0.29) is 0 Å². The molecule has 0 radical (unpaired) electrons. The smallest absolute Gasteiger partial charge is 0.281 e. The lowest BCUT2D eigenvalue weighted by Gasteiger charge is -2.39. The minimum atomic E-state index is -8.29. The molecule has 30 heavy (non-hydrogen) atoms. The van der Waals surface area contributed by atoms with Crippen molar-refractivity contribution in [1.29, 1.82) is 0 Å². The van der Waals surface area contributed by atoms with E-state index in [9.17, 15) is 78.7 Å². The second-order valence-electron chi connectivity index (χ2n) is 4.92. The van der Waals surface area contributed by atoms with Gasteiger partial charge in [0.1, 0.15) is 0 Å². The lowest BCUT2D eigenvalue weighted by molar-refractivity contribution is -0.510. The van der Waals surface area contributed by atoms with Crippen molar-refractivity contribution in [2.45, 2.75) is 46.5 Å². The third kappa shape index (κ3) is 3.96. The number of rotatable bonds is 9. The average Bonchev–Trinajstić information content (AvgIpc) is 2.42. The van der Waals surface area contributed by atoms with Crippen LogP contribution in [-0.2, 0) is 14.9 Å². The molecule has 22 heteroatoms. The first kappa shape index (κ1) is 29.0. The summed E-state index contributed by atoms with van der Waals surface area (Å²) in [6, 6.07) is 0. The van der Waals surface area contributed by atoms with E-state index in [4.69, 9.17) is 4.55 Å². The van der Waals surface area contributed by atoms with Crippen molar-refractivity contribution < 1.29 is 88.0 Å². The lowest BCUT2D eigenvalue weighted by atomic mass is 10.1. The fourth-order valence-electron chi connectivity index (χ4n) is 1.18. The predicted molar refractivity (Wildman–Crippen MR) is 58.1 cm³/mol. The molecule has 0 aliphatic rings. The first-order valence-corrected chi connectivity index (χ1v) is 7.66. The van der Waals surface area contributed by atoms with Crippen molar-refractivity contribution in [1.82, 2.24) is 0 Å². The van der Waals surface area contributed by atoms with Crippen LogP contribution in [0.1, 0.15) is 0 Å². The van der Waals surface area contributed by atoms with E-state index >= 15 is 0 Å².